The lowest BCUT2D eigenvalue weighted by molar-refractivity contribution is 0.0923. The SMILES string of the molecule is ClCc1ncc(COCc2ccccc2)o1. The van der Waals surface area contributed by atoms with E-state index in [0.29, 0.717) is 30.7 Å². The predicted octanol–water partition coefficient (Wildman–Crippen LogP) is 3.13. The van der Waals surface area contributed by atoms with Crippen LogP contribution in [-0.2, 0) is 23.8 Å². The highest BCUT2D eigenvalue weighted by atomic mass is 35.5. The zero-order chi connectivity index (χ0) is 11.2. The first-order valence-electron chi connectivity index (χ1n) is 4.99. The Kier molecular flexibility index (Phi) is 3.97. The highest BCUT2D eigenvalue weighted by Crippen LogP contribution is 2.09. The van der Waals surface area contributed by atoms with Gasteiger partial charge in [-0.05, 0) is 5.56 Å². The Labute approximate surface area is 99.0 Å². The van der Waals surface area contributed by atoms with Crippen LogP contribution in [0.4, 0.5) is 0 Å². The number of hydrogen-bond donors (Lipinski definition) is 0. The first-order valence-corrected chi connectivity index (χ1v) is 5.53. The minimum absolute atomic E-state index is 0.290. The van der Waals surface area contributed by atoms with E-state index >= 15 is 0 Å². The number of oxazole rings is 1. The monoisotopic (exact) mass is 237 g/mol. The normalized spacial score (nSPS) is 10.6. The third-order valence-electron chi connectivity index (χ3n) is 2.07. The number of alkyl halides is 1. The Morgan fingerprint density at radius 1 is 1.19 bits per heavy atom. The Morgan fingerprint density at radius 3 is 2.69 bits per heavy atom. The topological polar surface area (TPSA) is 35.3 Å². The molecule has 0 radical (unpaired) electrons. The Balaban J connectivity index is 1.80. The molecule has 2 aromatic rings. The number of benzene rings is 1. The quantitative estimate of drug-likeness (QED) is 0.750. The van der Waals surface area contributed by atoms with E-state index in [1.165, 1.54) is 0 Å². The maximum absolute atomic E-state index is 5.57. The molecule has 4 heteroatoms. The van der Waals surface area contributed by atoms with E-state index < -0.39 is 0 Å². The van der Waals surface area contributed by atoms with Gasteiger partial charge in [0.25, 0.3) is 0 Å². The van der Waals surface area contributed by atoms with Crippen molar-refractivity contribution in [2.24, 2.45) is 0 Å². The van der Waals surface area contributed by atoms with E-state index in [0.717, 1.165) is 5.56 Å². The van der Waals surface area contributed by atoms with Crippen LogP contribution in [0, 0.1) is 0 Å². The number of aromatic nitrogens is 1. The van der Waals surface area contributed by atoms with Gasteiger partial charge in [0.15, 0.2) is 0 Å². The maximum Gasteiger partial charge on any atom is 0.209 e. The molecule has 0 saturated heterocycles. The molecule has 3 nitrogen and oxygen atoms in total. The molecule has 0 saturated carbocycles. The molecule has 16 heavy (non-hydrogen) atoms. The Morgan fingerprint density at radius 2 is 2.00 bits per heavy atom. The third kappa shape index (κ3) is 3.08. The van der Waals surface area contributed by atoms with Gasteiger partial charge in [-0.25, -0.2) is 4.98 Å². The largest absolute Gasteiger partial charge is 0.442 e. The van der Waals surface area contributed by atoms with Gasteiger partial charge >= 0.3 is 0 Å². The highest BCUT2D eigenvalue weighted by Gasteiger charge is 2.02. The fourth-order valence-corrected chi connectivity index (χ4v) is 1.44. The van der Waals surface area contributed by atoms with Crippen LogP contribution in [0.5, 0.6) is 0 Å². The summed E-state index contributed by atoms with van der Waals surface area (Å²) in [5.41, 5.74) is 1.14. The van der Waals surface area contributed by atoms with Crippen molar-refractivity contribution in [1.29, 1.82) is 0 Å². The summed E-state index contributed by atoms with van der Waals surface area (Å²) in [6.07, 6.45) is 1.64. The van der Waals surface area contributed by atoms with E-state index in [1.54, 1.807) is 6.20 Å². The van der Waals surface area contributed by atoms with Gasteiger partial charge in [0.2, 0.25) is 5.89 Å². The molecule has 84 valence electrons. The van der Waals surface area contributed by atoms with E-state index in [2.05, 4.69) is 4.98 Å². The first kappa shape index (κ1) is 11.2. The molecule has 0 aliphatic heterocycles. The average molecular weight is 238 g/mol. The zero-order valence-corrected chi connectivity index (χ0v) is 9.48. The summed E-state index contributed by atoms with van der Waals surface area (Å²) in [5, 5.41) is 0. The van der Waals surface area contributed by atoms with Gasteiger partial charge in [0, 0.05) is 0 Å². The van der Waals surface area contributed by atoms with Gasteiger partial charge in [-0.2, -0.15) is 0 Å². The van der Waals surface area contributed by atoms with Gasteiger partial charge in [0.05, 0.1) is 18.7 Å². The molecule has 0 aliphatic carbocycles. The fraction of sp³-hybridized carbons (Fsp3) is 0.250. The van der Waals surface area contributed by atoms with Crippen molar-refractivity contribution in [3.05, 3.63) is 53.7 Å². The summed E-state index contributed by atoms with van der Waals surface area (Å²) in [7, 11) is 0. The molecular formula is C12H12ClNO2. The average Bonchev–Trinajstić information content (AvgIpc) is 2.78. The molecule has 0 atom stereocenters. The molecular weight excluding hydrogens is 226 g/mol. The summed E-state index contributed by atoms with van der Waals surface area (Å²) in [5.74, 6) is 1.52. The van der Waals surface area contributed by atoms with Crippen molar-refractivity contribution in [3.8, 4) is 0 Å². The van der Waals surface area contributed by atoms with Crippen molar-refractivity contribution in [2.75, 3.05) is 0 Å². The maximum atomic E-state index is 5.57. The number of halogens is 1. The summed E-state index contributed by atoms with van der Waals surface area (Å²) < 4.78 is 10.8. The van der Waals surface area contributed by atoms with Crippen LogP contribution in [0.25, 0.3) is 0 Å². The number of ether oxygens (including phenoxy) is 1. The van der Waals surface area contributed by atoms with Crippen molar-refractivity contribution < 1.29 is 9.15 Å². The van der Waals surface area contributed by atoms with Crippen LogP contribution in [0.2, 0.25) is 0 Å². The smallest absolute Gasteiger partial charge is 0.209 e. The third-order valence-corrected chi connectivity index (χ3v) is 2.30. The molecule has 0 N–H and O–H groups in total. The van der Waals surface area contributed by atoms with Crippen molar-refractivity contribution in [2.45, 2.75) is 19.1 Å². The molecule has 1 aromatic heterocycles. The summed E-state index contributed by atoms with van der Waals surface area (Å²) in [6, 6.07) is 9.99. The molecule has 0 amide bonds. The molecule has 0 bridgehead atoms. The van der Waals surface area contributed by atoms with Crippen LogP contribution < -0.4 is 0 Å². The van der Waals surface area contributed by atoms with E-state index in [9.17, 15) is 0 Å². The minimum Gasteiger partial charge on any atom is -0.442 e. The lowest BCUT2D eigenvalue weighted by Gasteiger charge is -2.01. The van der Waals surface area contributed by atoms with Gasteiger partial charge in [-0.15, -0.1) is 11.6 Å². The molecule has 1 aromatic carbocycles. The zero-order valence-electron chi connectivity index (χ0n) is 8.73. The van der Waals surface area contributed by atoms with Crippen molar-refractivity contribution >= 4 is 11.6 Å². The van der Waals surface area contributed by atoms with E-state index in [4.69, 9.17) is 20.8 Å². The molecule has 0 aliphatic rings. The molecule has 0 fully saturated rings. The second kappa shape index (κ2) is 5.68. The fourth-order valence-electron chi connectivity index (χ4n) is 1.32. The van der Waals surface area contributed by atoms with Gasteiger partial charge < -0.3 is 9.15 Å². The minimum atomic E-state index is 0.290. The standard InChI is InChI=1S/C12H12ClNO2/c13-6-12-14-7-11(16-12)9-15-8-10-4-2-1-3-5-10/h1-5,7H,6,8-9H2. The first-order chi connectivity index (χ1) is 7.88. The molecule has 1 heterocycles. The Bertz CT molecular complexity index is 428. The molecule has 0 unspecified atom stereocenters. The van der Waals surface area contributed by atoms with Crippen molar-refractivity contribution in [3.63, 3.8) is 0 Å². The predicted molar refractivity (Wildman–Crippen MR) is 61.0 cm³/mol. The lowest BCUT2D eigenvalue weighted by Crippen LogP contribution is -1.92. The molecule has 2 rings (SSSR count). The van der Waals surface area contributed by atoms with Crippen LogP contribution in [-0.4, -0.2) is 4.98 Å². The number of hydrogen-bond acceptors (Lipinski definition) is 3. The molecule has 0 spiro atoms. The van der Waals surface area contributed by atoms with Crippen LogP contribution in [0.3, 0.4) is 0 Å². The number of rotatable bonds is 5. The van der Waals surface area contributed by atoms with Gasteiger partial charge in [0.1, 0.15) is 12.4 Å². The van der Waals surface area contributed by atoms with Crippen molar-refractivity contribution in [1.82, 2.24) is 4.98 Å². The van der Waals surface area contributed by atoms with E-state index in [1.807, 2.05) is 30.3 Å². The van der Waals surface area contributed by atoms with Gasteiger partial charge in [-0.1, -0.05) is 30.3 Å². The summed E-state index contributed by atoms with van der Waals surface area (Å²) >= 11 is 5.57. The van der Waals surface area contributed by atoms with Gasteiger partial charge in [-0.3, -0.25) is 0 Å². The number of nitrogens with zero attached hydrogens (tertiary/aromatic N) is 1. The second-order valence-corrected chi connectivity index (χ2v) is 3.60. The Hall–Kier alpha value is -1.32. The highest BCUT2D eigenvalue weighted by molar-refractivity contribution is 6.16. The van der Waals surface area contributed by atoms with Crippen LogP contribution >= 0.6 is 11.6 Å². The van der Waals surface area contributed by atoms with Crippen LogP contribution in [0.1, 0.15) is 17.2 Å². The summed E-state index contributed by atoms with van der Waals surface area (Å²) in [6.45, 7) is 0.983. The summed E-state index contributed by atoms with van der Waals surface area (Å²) in [4.78, 5) is 3.98. The van der Waals surface area contributed by atoms with E-state index in [-0.39, 0.29) is 0 Å². The second-order valence-electron chi connectivity index (χ2n) is 3.33. The lowest BCUT2D eigenvalue weighted by atomic mass is 10.2. The van der Waals surface area contributed by atoms with Crippen LogP contribution in [0.15, 0.2) is 40.9 Å².